The molecule has 0 saturated heterocycles. The number of carbonyl (C=O) groups excluding carboxylic acids is 1. The minimum atomic E-state index is -0.0560. The maximum absolute atomic E-state index is 12.0. The zero-order valence-electron chi connectivity index (χ0n) is 10.1. The van der Waals surface area contributed by atoms with Crippen LogP contribution in [-0.2, 0) is 11.3 Å². The van der Waals surface area contributed by atoms with Gasteiger partial charge in [0.2, 0.25) is 0 Å². The van der Waals surface area contributed by atoms with Crippen LogP contribution in [-0.4, -0.2) is 12.4 Å². The Hall–Kier alpha value is -1.16. The summed E-state index contributed by atoms with van der Waals surface area (Å²) >= 11 is 9.36. The van der Waals surface area contributed by atoms with Crippen LogP contribution in [0.3, 0.4) is 0 Å². The van der Waals surface area contributed by atoms with Crippen LogP contribution in [0.5, 0.6) is 0 Å². The Kier molecular flexibility index (Phi) is 5.14. The van der Waals surface area contributed by atoms with Gasteiger partial charge in [-0.25, -0.2) is 0 Å². The second-order valence-corrected chi connectivity index (χ2v) is 5.25. The molecule has 0 aliphatic carbocycles. The van der Waals surface area contributed by atoms with Crippen molar-refractivity contribution in [1.29, 1.82) is 0 Å². The Morgan fingerprint density at radius 1 is 1.11 bits per heavy atom. The third-order valence-electron chi connectivity index (χ3n) is 2.62. The van der Waals surface area contributed by atoms with Crippen molar-refractivity contribution in [2.45, 2.75) is 6.61 Å². The Morgan fingerprint density at radius 3 is 2.53 bits per heavy atom. The molecule has 2 rings (SSSR count). The Balaban J connectivity index is 1.92. The molecule has 0 unspecified atom stereocenters. The van der Waals surface area contributed by atoms with Gasteiger partial charge < -0.3 is 4.74 Å². The molecule has 0 fully saturated rings. The SMILES string of the molecule is O=C(COCc1ccccc1Cl)c1ccccc1Br. The second-order valence-electron chi connectivity index (χ2n) is 3.99. The van der Waals surface area contributed by atoms with Crippen molar-refractivity contribution in [3.05, 3.63) is 69.2 Å². The van der Waals surface area contributed by atoms with Gasteiger partial charge in [-0.1, -0.05) is 63.9 Å². The molecule has 0 atom stereocenters. The Morgan fingerprint density at radius 2 is 1.79 bits per heavy atom. The molecule has 0 radical (unpaired) electrons. The molecule has 4 heteroatoms. The van der Waals surface area contributed by atoms with Gasteiger partial charge in [-0.05, 0) is 17.7 Å². The fourth-order valence-corrected chi connectivity index (χ4v) is 2.33. The molecule has 0 saturated carbocycles. The number of ether oxygens (including phenoxy) is 1. The molecule has 19 heavy (non-hydrogen) atoms. The highest BCUT2D eigenvalue weighted by Crippen LogP contribution is 2.18. The lowest BCUT2D eigenvalue weighted by Crippen LogP contribution is -2.09. The van der Waals surface area contributed by atoms with Gasteiger partial charge in [0.1, 0.15) is 6.61 Å². The molecule has 0 amide bonds. The van der Waals surface area contributed by atoms with Crippen molar-refractivity contribution in [1.82, 2.24) is 0 Å². The fraction of sp³-hybridized carbons (Fsp3) is 0.133. The van der Waals surface area contributed by atoms with E-state index in [9.17, 15) is 4.79 Å². The van der Waals surface area contributed by atoms with E-state index in [0.717, 1.165) is 10.0 Å². The highest BCUT2D eigenvalue weighted by atomic mass is 79.9. The number of halogens is 2. The van der Waals surface area contributed by atoms with E-state index in [2.05, 4.69) is 15.9 Å². The first-order valence-corrected chi connectivity index (χ1v) is 6.94. The number of hydrogen-bond donors (Lipinski definition) is 0. The summed E-state index contributed by atoms with van der Waals surface area (Å²) in [6.45, 7) is 0.365. The number of Topliss-reactive ketones (excluding diaryl/α,β-unsaturated/α-hetero) is 1. The van der Waals surface area contributed by atoms with E-state index in [-0.39, 0.29) is 12.4 Å². The summed E-state index contributed by atoms with van der Waals surface area (Å²) < 4.78 is 6.20. The molecular formula is C15H12BrClO2. The lowest BCUT2D eigenvalue weighted by Gasteiger charge is -2.06. The second kappa shape index (κ2) is 6.85. The van der Waals surface area contributed by atoms with Gasteiger partial charge in [-0.2, -0.15) is 0 Å². The van der Waals surface area contributed by atoms with E-state index in [0.29, 0.717) is 17.2 Å². The van der Waals surface area contributed by atoms with Crippen LogP contribution in [0.1, 0.15) is 15.9 Å². The Bertz CT molecular complexity index is 584. The molecule has 0 heterocycles. The quantitative estimate of drug-likeness (QED) is 0.750. The molecular weight excluding hydrogens is 328 g/mol. The monoisotopic (exact) mass is 338 g/mol. The van der Waals surface area contributed by atoms with Crippen LogP contribution in [0.2, 0.25) is 5.02 Å². The van der Waals surface area contributed by atoms with Crippen LogP contribution in [0.25, 0.3) is 0 Å². The third kappa shape index (κ3) is 3.90. The van der Waals surface area contributed by atoms with Crippen LogP contribution in [0.15, 0.2) is 53.0 Å². The fourth-order valence-electron chi connectivity index (χ4n) is 1.63. The molecule has 0 aliphatic heterocycles. The molecule has 2 nitrogen and oxygen atoms in total. The minimum Gasteiger partial charge on any atom is -0.369 e. The topological polar surface area (TPSA) is 26.3 Å². The van der Waals surface area contributed by atoms with Gasteiger partial charge in [0, 0.05) is 15.1 Å². The first-order valence-electron chi connectivity index (χ1n) is 5.77. The normalized spacial score (nSPS) is 10.4. The van der Waals surface area contributed by atoms with Gasteiger partial charge in [-0.3, -0.25) is 4.79 Å². The predicted molar refractivity (Wildman–Crippen MR) is 79.6 cm³/mol. The molecule has 0 N–H and O–H groups in total. The molecule has 0 aromatic heterocycles. The lowest BCUT2D eigenvalue weighted by molar-refractivity contribution is 0.0726. The molecule has 98 valence electrons. The summed E-state index contributed by atoms with van der Waals surface area (Å²) in [7, 11) is 0. The minimum absolute atomic E-state index is 0.0356. The average molecular weight is 340 g/mol. The third-order valence-corrected chi connectivity index (χ3v) is 3.68. The Labute approximate surface area is 125 Å². The first kappa shape index (κ1) is 14.3. The summed E-state index contributed by atoms with van der Waals surface area (Å²) in [4.78, 5) is 12.0. The number of hydrogen-bond acceptors (Lipinski definition) is 2. The van der Waals surface area contributed by atoms with Crippen LogP contribution in [0, 0.1) is 0 Å². The van der Waals surface area contributed by atoms with Crippen molar-refractivity contribution in [2.24, 2.45) is 0 Å². The summed E-state index contributed by atoms with van der Waals surface area (Å²) in [5, 5.41) is 0.649. The molecule has 2 aromatic carbocycles. The van der Waals surface area contributed by atoms with Crippen molar-refractivity contribution in [3.8, 4) is 0 Å². The maximum atomic E-state index is 12.0. The van der Waals surface area contributed by atoms with E-state index < -0.39 is 0 Å². The van der Waals surface area contributed by atoms with E-state index in [1.54, 1.807) is 12.1 Å². The highest BCUT2D eigenvalue weighted by Gasteiger charge is 2.09. The molecule has 0 bridgehead atoms. The zero-order valence-corrected chi connectivity index (χ0v) is 12.4. The van der Waals surface area contributed by atoms with E-state index >= 15 is 0 Å². The molecule has 0 aliphatic rings. The van der Waals surface area contributed by atoms with Gasteiger partial charge in [0.05, 0.1) is 6.61 Å². The lowest BCUT2D eigenvalue weighted by atomic mass is 10.1. The maximum Gasteiger partial charge on any atom is 0.189 e. The predicted octanol–water partition coefficient (Wildman–Crippen LogP) is 4.50. The standard InChI is InChI=1S/C15H12BrClO2/c16-13-7-3-2-6-12(13)15(18)10-19-9-11-5-1-4-8-14(11)17/h1-8H,9-10H2. The van der Waals surface area contributed by atoms with Gasteiger partial charge >= 0.3 is 0 Å². The number of rotatable bonds is 5. The molecule has 2 aromatic rings. The van der Waals surface area contributed by atoms with Crippen LogP contribution < -0.4 is 0 Å². The van der Waals surface area contributed by atoms with E-state index in [4.69, 9.17) is 16.3 Å². The number of ketones is 1. The van der Waals surface area contributed by atoms with Crippen molar-refractivity contribution in [3.63, 3.8) is 0 Å². The van der Waals surface area contributed by atoms with Crippen LogP contribution in [0.4, 0.5) is 0 Å². The summed E-state index contributed by atoms with van der Waals surface area (Å²) in [6.07, 6.45) is 0. The van der Waals surface area contributed by atoms with Crippen molar-refractivity contribution in [2.75, 3.05) is 6.61 Å². The van der Waals surface area contributed by atoms with Gasteiger partial charge in [0.25, 0.3) is 0 Å². The smallest absolute Gasteiger partial charge is 0.189 e. The summed E-state index contributed by atoms with van der Waals surface area (Å²) in [5.74, 6) is -0.0560. The van der Waals surface area contributed by atoms with Crippen molar-refractivity contribution >= 4 is 33.3 Å². The van der Waals surface area contributed by atoms with E-state index in [1.165, 1.54) is 0 Å². The number of carbonyl (C=O) groups is 1. The van der Waals surface area contributed by atoms with Crippen molar-refractivity contribution < 1.29 is 9.53 Å². The summed E-state index contributed by atoms with van der Waals surface area (Å²) in [6, 6.07) is 14.7. The van der Waals surface area contributed by atoms with Crippen LogP contribution >= 0.6 is 27.5 Å². The highest BCUT2D eigenvalue weighted by molar-refractivity contribution is 9.10. The zero-order chi connectivity index (χ0) is 13.7. The first-order chi connectivity index (χ1) is 9.18. The van der Waals surface area contributed by atoms with Gasteiger partial charge in [0.15, 0.2) is 5.78 Å². The van der Waals surface area contributed by atoms with Gasteiger partial charge in [-0.15, -0.1) is 0 Å². The summed E-state index contributed by atoms with van der Waals surface area (Å²) in [5.41, 5.74) is 1.51. The largest absolute Gasteiger partial charge is 0.369 e. The van der Waals surface area contributed by atoms with E-state index in [1.807, 2.05) is 36.4 Å². The molecule has 0 spiro atoms. The number of benzene rings is 2. The average Bonchev–Trinajstić information content (AvgIpc) is 2.41.